The van der Waals surface area contributed by atoms with Gasteiger partial charge < -0.3 is 9.53 Å². The van der Waals surface area contributed by atoms with Crippen molar-refractivity contribution < 1.29 is 14.3 Å². The first-order chi connectivity index (χ1) is 7.82. The van der Waals surface area contributed by atoms with Crippen molar-refractivity contribution in [3.05, 3.63) is 0 Å². The standard InChI is InChI=1S/C14H24O3/c1-11(16)6-7-12-13(2,3)8-5-9-14(12,4)17-10-15/h10,12H,5-9H2,1-4H3/t12?,14-/m0/s1. The third-order valence-corrected chi connectivity index (χ3v) is 4.28. The molecule has 0 aromatic rings. The molecule has 0 heterocycles. The largest absolute Gasteiger partial charge is 0.461 e. The van der Waals surface area contributed by atoms with Gasteiger partial charge in [-0.05, 0) is 44.9 Å². The highest BCUT2D eigenvalue weighted by molar-refractivity contribution is 5.75. The monoisotopic (exact) mass is 240 g/mol. The fourth-order valence-corrected chi connectivity index (χ4v) is 3.36. The van der Waals surface area contributed by atoms with Crippen LogP contribution in [0.3, 0.4) is 0 Å². The maximum Gasteiger partial charge on any atom is 0.293 e. The van der Waals surface area contributed by atoms with Gasteiger partial charge in [0.2, 0.25) is 0 Å². The van der Waals surface area contributed by atoms with Gasteiger partial charge in [0.05, 0.1) is 0 Å². The maximum absolute atomic E-state index is 11.2. The van der Waals surface area contributed by atoms with Gasteiger partial charge in [-0.3, -0.25) is 4.79 Å². The van der Waals surface area contributed by atoms with Crippen molar-refractivity contribution in [3.63, 3.8) is 0 Å². The van der Waals surface area contributed by atoms with E-state index >= 15 is 0 Å². The predicted octanol–water partition coefficient (Wildman–Crippen LogP) is 3.11. The molecule has 1 fully saturated rings. The van der Waals surface area contributed by atoms with Gasteiger partial charge >= 0.3 is 0 Å². The molecule has 1 rings (SSSR count). The fraction of sp³-hybridized carbons (Fsp3) is 0.857. The zero-order valence-corrected chi connectivity index (χ0v) is 11.4. The minimum atomic E-state index is -0.404. The van der Waals surface area contributed by atoms with Crippen LogP contribution in [0.1, 0.15) is 59.8 Å². The lowest BCUT2D eigenvalue weighted by Crippen LogP contribution is -2.48. The van der Waals surface area contributed by atoms with E-state index in [4.69, 9.17) is 4.74 Å². The van der Waals surface area contributed by atoms with E-state index in [1.165, 1.54) is 0 Å². The first kappa shape index (κ1) is 14.2. The minimum absolute atomic E-state index is 0.130. The predicted molar refractivity (Wildman–Crippen MR) is 66.6 cm³/mol. The van der Waals surface area contributed by atoms with Crippen molar-refractivity contribution in [2.75, 3.05) is 0 Å². The van der Waals surface area contributed by atoms with Crippen LogP contribution < -0.4 is 0 Å². The summed E-state index contributed by atoms with van der Waals surface area (Å²) >= 11 is 0. The van der Waals surface area contributed by atoms with Gasteiger partial charge in [0, 0.05) is 12.3 Å². The number of hydrogen-bond acceptors (Lipinski definition) is 3. The zero-order chi connectivity index (χ0) is 13.1. The fourth-order valence-electron chi connectivity index (χ4n) is 3.36. The molecule has 0 aliphatic heterocycles. The topological polar surface area (TPSA) is 43.4 Å². The van der Waals surface area contributed by atoms with Crippen LogP contribution in [-0.4, -0.2) is 17.9 Å². The molecule has 0 N–H and O–H groups in total. The van der Waals surface area contributed by atoms with E-state index in [1.807, 2.05) is 6.92 Å². The number of carbonyl (C=O) groups is 2. The van der Waals surface area contributed by atoms with E-state index in [2.05, 4.69) is 13.8 Å². The molecule has 0 radical (unpaired) electrons. The summed E-state index contributed by atoms with van der Waals surface area (Å²) in [6, 6.07) is 0. The van der Waals surface area contributed by atoms with Gasteiger partial charge in [-0.15, -0.1) is 0 Å². The second-order valence-electron chi connectivity index (χ2n) is 6.16. The lowest BCUT2D eigenvalue weighted by Gasteiger charge is -2.49. The Morgan fingerprint density at radius 2 is 2.00 bits per heavy atom. The highest BCUT2D eigenvalue weighted by Crippen LogP contribution is 2.49. The smallest absolute Gasteiger partial charge is 0.293 e. The Balaban J connectivity index is 2.85. The van der Waals surface area contributed by atoms with Crippen molar-refractivity contribution in [1.82, 2.24) is 0 Å². The number of rotatable bonds is 5. The van der Waals surface area contributed by atoms with Crippen LogP contribution in [0.5, 0.6) is 0 Å². The van der Waals surface area contributed by atoms with Crippen LogP contribution >= 0.6 is 0 Å². The molecule has 0 saturated heterocycles. The molecule has 0 spiro atoms. The molecule has 0 bridgehead atoms. The summed E-state index contributed by atoms with van der Waals surface area (Å²) in [5.41, 5.74) is -0.273. The van der Waals surface area contributed by atoms with Crippen LogP contribution in [0.2, 0.25) is 0 Å². The van der Waals surface area contributed by atoms with Gasteiger partial charge in [-0.25, -0.2) is 0 Å². The third-order valence-electron chi connectivity index (χ3n) is 4.28. The van der Waals surface area contributed by atoms with Crippen LogP contribution in [0.25, 0.3) is 0 Å². The van der Waals surface area contributed by atoms with E-state index in [1.54, 1.807) is 6.92 Å². The van der Waals surface area contributed by atoms with E-state index < -0.39 is 5.60 Å². The summed E-state index contributed by atoms with van der Waals surface area (Å²) in [5, 5.41) is 0. The lowest BCUT2D eigenvalue weighted by atomic mass is 9.60. The van der Waals surface area contributed by atoms with Crippen molar-refractivity contribution in [3.8, 4) is 0 Å². The molecule has 0 aromatic heterocycles. The summed E-state index contributed by atoms with van der Waals surface area (Å²) < 4.78 is 5.36. The van der Waals surface area contributed by atoms with E-state index in [9.17, 15) is 9.59 Å². The molecule has 98 valence electrons. The van der Waals surface area contributed by atoms with E-state index in [-0.39, 0.29) is 17.1 Å². The molecule has 3 nitrogen and oxygen atoms in total. The Labute approximate surface area is 104 Å². The first-order valence-corrected chi connectivity index (χ1v) is 6.43. The van der Waals surface area contributed by atoms with Crippen LogP contribution in [0, 0.1) is 11.3 Å². The van der Waals surface area contributed by atoms with Crippen LogP contribution in [0.4, 0.5) is 0 Å². The van der Waals surface area contributed by atoms with Crippen molar-refractivity contribution >= 4 is 12.3 Å². The second kappa shape index (κ2) is 5.19. The Morgan fingerprint density at radius 3 is 2.53 bits per heavy atom. The van der Waals surface area contributed by atoms with Crippen molar-refractivity contribution in [1.29, 1.82) is 0 Å². The molecular formula is C14H24O3. The summed E-state index contributed by atoms with van der Waals surface area (Å²) in [7, 11) is 0. The quantitative estimate of drug-likeness (QED) is 0.693. The molecule has 17 heavy (non-hydrogen) atoms. The number of hydrogen-bond donors (Lipinski definition) is 0. The second-order valence-corrected chi connectivity index (χ2v) is 6.16. The Hall–Kier alpha value is -0.860. The summed E-state index contributed by atoms with van der Waals surface area (Å²) in [6.07, 6.45) is 4.50. The van der Waals surface area contributed by atoms with Gasteiger partial charge in [-0.1, -0.05) is 13.8 Å². The molecular weight excluding hydrogens is 216 g/mol. The number of ether oxygens (including phenoxy) is 1. The van der Waals surface area contributed by atoms with Gasteiger partial charge in [-0.2, -0.15) is 0 Å². The highest BCUT2D eigenvalue weighted by atomic mass is 16.5. The normalized spacial score (nSPS) is 31.9. The summed E-state index contributed by atoms with van der Waals surface area (Å²) in [6.45, 7) is 8.61. The molecule has 1 aliphatic carbocycles. The van der Waals surface area contributed by atoms with Gasteiger partial charge in [0.1, 0.15) is 11.4 Å². The molecule has 3 heteroatoms. The molecule has 1 unspecified atom stereocenters. The Bertz CT molecular complexity index is 296. The number of ketones is 1. The average Bonchev–Trinajstić information content (AvgIpc) is 2.15. The van der Waals surface area contributed by atoms with E-state index in [0.717, 1.165) is 25.7 Å². The Morgan fingerprint density at radius 1 is 1.35 bits per heavy atom. The lowest BCUT2D eigenvalue weighted by molar-refractivity contribution is -0.162. The molecule has 2 atom stereocenters. The summed E-state index contributed by atoms with van der Waals surface area (Å²) in [4.78, 5) is 21.8. The molecule has 1 saturated carbocycles. The van der Waals surface area contributed by atoms with Crippen LogP contribution in [0.15, 0.2) is 0 Å². The minimum Gasteiger partial charge on any atom is -0.461 e. The van der Waals surface area contributed by atoms with E-state index in [0.29, 0.717) is 12.9 Å². The molecule has 0 amide bonds. The Kier molecular flexibility index (Phi) is 4.34. The maximum atomic E-state index is 11.2. The number of Topliss-reactive ketones (excluding diaryl/α,β-unsaturated/α-hetero) is 1. The van der Waals surface area contributed by atoms with Crippen molar-refractivity contribution in [2.24, 2.45) is 11.3 Å². The highest BCUT2D eigenvalue weighted by Gasteiger charge is 2.47. The van der Waals surface area contributed by atoms with Gasteiger partial charge in [0.15, 0.2) is 0 Å². The van der Waals surface area contributed by atoms with Crippen LogP contribution in [-0.2, 0) is 14.3 Å². The average molecular weight is 240 g/mol. The SMILES string of the molecule is CC(=O)CCC1C(C)(C)CCC[C@]1(C)OC=O. The zero-order valence-electron chi connectivity index (χ0n) is 11.4. The number of carbonyl (C=O) groups excluding carboxylic acids is 2. The third kappa shape index (κ3) is 3.30. The molecule has 1 aliphatic rings. The van der Waals surface area contributed by atoms with Gasteiger partial charge in [0.25, 0.3) is 6.47 Å². The summed E-state index contributed by atoms with van der Waals surface area (Å²) in [5.74, 6) is 0.470. The van der Waals surface area contributed by atoms with Crippen molar-refractivity contribution in [2.45, 2.75) is 65.4 Å². The molecule has 0 aromatic carbocycles. The first-order valence-electron chi connectivity index (χ1n) is 6.43.